The van der Waals surface area contributed by atoms with Crippen LogP contribution in [-0.2, 0) is 0 Å². The van der Waals surface area contributed by atoms with E-state index < -0.39 is 0 Å². The van der Waals surface area contributed by atoms with Crippen molar-refractivity contribution in [1.29, 1.82) is 0 Å². The minimum atomic E-state index is -0.00916. The first-order valence-corrected chi connectivity index (χ1v) is 7.50. The maximum absolute atomic E-state index is 12.8. The summed E-state index contributed by atoms with van der Waals surface area (Å²) in [6.07, 6.45) is 3.87. The smallest absolute Gasteiger partial charge is 0.254 e. The maximum Gasteiger partial charge on any atom is 0.254 e. The van der Waals surface area contributed by atoms with E-state index in [1.54, 1.807) is 0 Å². The zero-order valence-corrected chi connectivity index (χ0v) is 12.1. The number of carbonyl (C=O) groups is 1. The van der Waals surface area contributed by atoms with Gasteiger partial charge in [0.15, 0.2) is 11.5 Å². The third-order valence-corrected chi connectivity index (χ3v) is 4.17. The summed E-state index contributed by atoms with van der Waals surface area (Å²) in [6.45, 7) is 0.764. The second-order valence-electron chi connectivity index (χ2n) is 5.51. The summed E-state index contributed by atoms with van der Waals surface area (Å²) in [5, 5.41) is 8.53. The van der Waals surface area contributed by atoms with E-state index in [1.807, 2.05) is 64.0 Å². The Morgan fingerprint density at radius 1 is 1.05 bits per heavy atom. The average molecular weight is 292 g/mol. The number of fused-ring (bicyclic) bond motifs is 1. The summed E-state index contributed by atoms with van der Waals surface area (Å²) in [4.78, 5) is 14.7. The van der Waals surface area contributed by atoms with E-state index in [-0.39, 0.29) is 11.9 Å². The van der Waals surface area contributed by atoms with Crippen LogP contribution in [-0.4, -0.2) is 31.9 Å². The lowest BCUT2D eigenvalue weighted by Crippen LogP contribution is -2.31. The Morgan fingerprint density at radius 3 is 2.73 bits per heavy atom. The standard InChI is InChI=1S/C17H16N4O/c22-17(13-7-2-1-3-8-13)20-12-6-9-14(20)16-19-18-15-10-4-5-11-21(15)16/h1-5,7-8,10-11,14H,6,9,12H2/t14-/m1/s1. The molecule has 3 heterocycles. The monoisotopic (exact) mass is 292 g/mol. The molecule has 0 saturated carbocycles. The normalized spacial score (nSPS) is 18.0. The fourth-order valence-electron chi connectivity index (χ4n) is 3.11. The Labute approximate surface area is 128 Å². The molecule has 3 aromatic rings. The van der Waals surface area contributed by atoms with Gasteiger partial charge in [0.1, 0.15) is 0 Å². The van der Waals surface area contributed by atoms with E-state index in [4.69, 9.17) is 0 Å². The largest absolute Gasteiger partial charge is 0.328 e. The van der Waals surface area contributed by atoms with Crippen LogP contribution in [0.2, 0.25) is 0 Å². The number of hydrogen-bond donors (Lipinski definition) is 0. The van der Waals surface area contributed by atoms with Crippen LogP contribution in [0.25, 0.3) is 5.65 Å². The van der Waals surface area contributed by atoms with Crippen LogP contribution in [0, 0.1) is 0 Å². The van der Waals surface area contributed by atoms with Gasteiger partial charge < -0.3 is 4.90 Å². The van der Waals surface area contributed by atoms with E-state index >= 15 is 0 Å². The molecule has 0 bridgehead atoms. The fourth-order valence-corrected chi connectivity index (χ4v) is 3.11. The molecule has 0 spiro atoms. The summed E-state index contributed by atoms with van der Waals surface area (Å²) in [5.41, 5.74) is 1.54. The van der Waals surface area contributed by atoms with Crippen LogP contribution >= 0.6 is 0 Å². The van der Waals surface area contributed by atoms with Gasteiger partial charge in [-0.25, -0.2) is 0 Å². The second kappa shape index (κ2) is 5.26. The molecule has 0 radical (unpaired) electrons. The third kappa shape index (κ3) is 2.06. The molecule has 22 heavy (non-hydrogen) atoms. The van der Waals surface area contributed by atoms with Gasteiger partial charge in [-0.2, -0.15) is 0 Å². The predicted octanol–water partition coefficient (Wildman–Crippen LogP) is 2.71. The molecule has 1 saturated heterocycles. The molecule has 1 aliphatic heterocycles. The van der Waals surface area contributed by atoms with E-state index in [2.05, 4.69) is 10.2 Å². The molecule has 5 heteroatoms. The van der Waals surface area contributed by atoms with Gasteiger partial charge in [0.05, 0.1) is 6.04 Å². The number of likely N-dealkylation sites (tertiary alicyclic amines) is 1. The lowest BCUT2D eigenvalue weighted by atomic mass is 10.1. The van der Waals surface area contributed by atoms with Crippen molar-refractivity contribution in [2.24, 2.45) is 0 Å². The van der Waals surface area contributed by atoms with E-state index in [1.165, 1.54) is 0 Å². The first-order chi connectivity index (χ1) is 10.8. The number of carbonyl (C=O) groups excluding carboxylic acids is 1. The molecular weight excluding hydrogens is 276 g/mol. The summed E-state index contributed by atoms with van der Waals surface area (Å²) in [5.74, 6) is 0.910. The van der Waals surface area contributed by atoms with Crippen molar-refractivity contribution in [1.82, 2.24) is 19.5 Å². The topological polar surface area (TPSA) is 50.5 Å². The first-order valence-electron chi connectivity index (χ1n) is 7.50. The number of rotatable bonds is 2. The van der Waals surface area contributed by atoms with Gasteiger partial charge in [-0.05, 0) is 37.1 Å². The molecule has 2 aromatic heterocycles. The number of benzene rings is 1. The molecule has 1 fully saturated rings. The van der Waals surface area contributed by atoms with Crippen LogP contribution in [0.15, 0.2) is 54.7 Å². The van der Waals surface area contributed by atoms with E-state index in [0.717, 1.165) is 36.4 Å². The number of hydrogen-bond acceptors (Lipinski definition) is 3. The Hall–Kier alpha value is -2.69. The Morgan fingerprint density at radius 2 is 1.86 bits per heavy atom. The van der Waals surface area contributed by atoms with Crippen molar-refractivity contribution < 1.29 is 4.79 Å². The predicted molar refractivity (Wildman–Crippen MR) is 82.4 cm³/mol. The first kappa shape index (κ1) is 13.0. The summed E-state index contributed by atoms with van der Waals surface area (Å²) < 4.78 is 1.97. The molecule has 0 aliphatic carbocycles. The summed E-state index contributed by atoms with van der Waals surface area (Å²) in [6, 6.07) is 15.2. The van der Waals surface area contributed by atoms with Crippen LogP contribution in [0.3, 0.4) is 0 Å². The second-order valence-corrected chi connectivity index (χ2v) is 5.51. The van der Waals surface area contributed by atoms with Crippen molar-refractivity contribution in [2.45, 2.75) is 18.9 Å². The molecule has 1 aliphatic rings. The van der Waals surface area contributed by atoms with E-state index in [9.17, 15) is 4.79 Å². The van der Waals surface area contributed by atoms with Crippen molar-refractivity contribution in [3.05, 3.63) is 66.1 Å². The van der Waals surface area contributed by atoms with Crippen LogP contribution in [0.4, 0.5) is 0 Å². The average Bonchev–Trinajstić information content (AvgIpc) is 3.21. The molecule has 0 N–H and O–H groups in total. The highest BCUT2D eigenvalue weighted by Crippen LogP contribution is 2.32. The minimum Gasteiger partial charge on any atom is -0.328 e. The SMILES string of the molecule is O=C(c1ccccc1)N1CCC[C@@H]1c1nnc2ccccn12. The van der Waals surface area contributed by atoms with E-state index in [0.29, 0.717) is 0 Å². The van der Waals surface area contributed by atoms with Crippen molar-refractivity contribution >= 4 is 11.6 Å². The van der Waals surface area contributed by atoms with Crippen LogP contribution in [0.1, 0.15) is 35.1 Å². The molecule has 0 unspecified atom stereocenters. The zero-order valence-electron chi connectivity index (χ0n) is 12.1. The maximum atomic E-state index is 12.8. The van der Waals surface area contributed by atoms with Gasteiger partial charge in [-0.3, -0.25) is 9.20 Å². The molecule has 110 valence electrons. The Kier molecular flexibility index (Phi) is 3.11. The Balaban J connectivity index is 1.71. The van der Waals surface area contributed by atoms with Gasteiger partial charge >= 0.3 is 0 Å². The zero-order chi connectivity index (χ0) is 14.9. The molecule has 1 amide bonds. The highest BCUT2D eigenvalue weighted by atomic mass is 16.2. The van der Waals surface area contributed by atoms with Gasteiger partial charge in [0.2, 0.25) is 0 Å². The quantitative estimate of drug-likeness (QED) is 0.729. The van der Waals surface area contributed by atoms with Gasteiger partial charge in [-0.1, -0.05) is 24.3 Å². The number of amides is 1. The molecule has 1 atom stereocenters. The minimum absolute atomic E-state index is 0.00916. The number of pyridine rings is 1. The van der Waals surface area contributed by atoms with Crippen molar-refractivity contribution in [2.75, 3.05) is 6.54 Å². The number of aromatic nitrogens is 3. The lowest BCUT2D eigenvalue weighted by molar-refractivity contribution is 0.0729. The third-order valence-electron chi connectivity index (χ3n) is 4.17. The number of nitrogens with zero attached hydrogens (tertiary/aromatic N) is 4. The van der Waals surface area contributed by atoms with Crippen molar-refractivity contribution in [3.8, 4) is 0 Å². The lowest BCUT2D eigenvalue weighted by Gasteiger charge is -2.23. The Bertz CT molecular complexity index is 812. The highest BCUT2D eigenvalue weighted by Gasteiger charge is 2.33. The van der Waals surface area contributed by atoms with Gasteiger partial charge in [0, 0.05) is 18.3 Å². The summed E-state index contributed by atoms with van der Waals surface area (Å²) in [7, 11) is 0. The molecule has 5 nitrogen and oxygen atoms in total. The summed E-state index contributed by atoms with van der Waals surface area (Å²) >= 11 is 0. The highest BCUT2D eigenvalue weighted by molar-refractivity contribution is 5.94. The molecule has 1 aromatic carbocycles. The fraction of sp³-hybridized carbons (Fsp3) is 0.235. The van der Waals surface area contributed by atoms with Crippen LogP contribution < -0.4 is 0 Å². The van der Waals surface area contributed by atoms with Crippen LogP contribution in [0.5, 0.6) is 0 Å². The van der Waals surface area contributed by atoms with Gasteiger partial charge in [0.25, 0.3) is 5.91 Å². The molecular formula is C17H16N4O. The van der Waals surface area contributed by atoms with Gasteiger partial charge in [-0.15, -0.1) is 10.2 Å². The molecule has 4 rings (SSSR count). The van der Waals surface area contributed by atoms with Crippen molar-refractivity contribution in [3.63, 3.8) is 0 Å².